The van der Waals surface area contributed by atoms with Gasteiger partial charge in [-0.15, -0.1) is 0 Å². The van der Waals surface area contributed by atoms with Crippen molar-refractivity contribution in [1.29, 1.82) is 0 Å². The zero-order valence-electron chi connectivity index (χ0n) is 12.5. The first-order chi connectivity index (χ1) is 9.43. The molecule has 0 fully saturated rings. The molecule has 6 nitrogen and oxygen atoms in total. The molecule has 0 aliphatic heterocycles. The largest absolute Gasteiger partial charge is 0.493 e. The van der Waals surface area contributed by atoms with E-state index >= 15 is 0 Å². The third-order valence-corrected chi connectivity index (χ3v) is 3.06. The lowest BCUT2D eigenvalue weighted by Crippen LogP contribution is -2.31. The molecule has 0 saturated heterocycles. The molecule has 20 heavy (non-hydrogen) atoms. The fourth-order valence-corrected chi connectivity index (χ4v) is 1.54. The molecule has 0 spiro atoms. The number of nitrogens with one attached hydrogen (secondary N) is 1. The minimum atomic E-state index is -0.403. The van der Waals surface area contributed by atoms with Crippen molar-refractivity contribution in [2.75, 3.05) is 32.6 Å². The molecule has 0 heterocycles. The van der Waals surface area contributed by atoms with E-state index in [1.54, 1.807) is 6.07 Å². The highest BCUT2D eigenvalue weighted by Crippen LogP contribution is 2.26. The molecule has 0 aliphatic carbocycles. The maximum Gasteiger partial charge on any atom is 0.275 e. The molecule has 1 N–H and O–H groups in total. The standard InChI is InChI=1S/C14H23N3O3/c1-5-6-20-14-8-12(7-13(9-14)17(18)19)15-10-11(2)16(3)4/h7-9,11,15H,5-6,10H2,1-4H3. The molecular weight excluding hydrogens is 258 g/mol. The van der Waals surface area contributed by atoms with Gasteiger partial charge in [0.15, 0.2) is 0 Å². The third-order valence-electron chi connectivity index (χ3n) is 3.06. The van der Waals surface area contributed by atoms with Crippen LogP contribution in [0.4, 0.5) is 11.4 Å². The Hall–Kier alpha value is -1.82. The Bertz CT molecular complexity index is 449. The molecule has 0 aliphatic rings. The van der Waals surface area contributed by atoms with Crippen molar-refractivity contribution in [1.82, 2.24) is 4.90 Å². The van der Waals surface area contributed by atoms with Crippen molar-refractivity contribution in [2.45, 2.75) is 26.3 Å². The number of anilines is 1. The number of nitro benzene ring substituents is 1. The molecule has 0 bridgehead atoms. The fourth-order valence-electron chi connectivity index (χ4n) is 1.54. The lowest BCUT2D eigenvalue weighted by Gasteiger charge is -2.20. The van der Waals surface area contributed by atoms with Gasteiger partial charge < -0.3 is 15.0 Å². The smallest absolute Gasteiger partial charge is 0.275 e. The molecule has 1 rings (SSSR count). The maximum atomic E-state index is 10.9. The maximum absolute atomic E-state index is 10.9. The van der Waals surface area contributed by atoms with Crippen LogP contribution in [-0.4, -0.2) is 43.1 Å². The minimum Gasteiger partial charge on any atom is -0.493 e. The Morgan fingerprint density at radius 3 is 2.65 bits per heavy atom. The second-order valence-electron chi connectivity index (χ2n) is 5.01. The first-order valence-electron chi connectivity index (χ1n) is 6.76. The van der Waals surface area contributed by atoms with Gasteiger partial charge >= 0.3 is 0 Å². The zero-order valence-corrected chi connectivity index (χ0v) is 12.5. The molecule has 1 aromatic carbocycles. The third kappa shape index (κ3) is 5.05. The summed E-state index contributed by atoms with van der Waals surface area (Å²) >= 11 is 0. The van der Waals surface area contributed by atoms with Crippen LogP contribution in [0.1, 0.15) is 20.3 Å². The number of ether oxygens (including phenoxy) is 1. The molecule has 112 valence electrons. The molecule has 1 aromatic rings. The van der Waals surface area contributed by atoms with Crippen molar-refractivity contribution < 1.29 is 9.66 Å². The molecular formula is C14H23N3O3. The first kappa shape index (κ1) is 16.2. The van der Waals surface area contributed by atoms with Gasteiger partial charge in [0.05, 0.1) is 17.6 Å². The van der Waals surface area contributed by atoms with Gasteiger partial charge in [-0.3, -0.25) is 10.1 Å². The van der Waals surface area contributed by atoms with Crippen molar-refractivity contribution in [2.24, 2.45) is 0 Å². The van der Waals surface area contributed by atoms with Crippen LogP contribution in [0.5, 0.6) is 5.75 Å². The number of hydrogen-bond donors (Lipinski definition) is 1. The SMILES string of the molecule is CCCOc1cc(NCC(C)N(C)C)cc([N+](=O)[O-])c1. The summed E-state index contributed by atoms with van der Waals surface area (Å²) in [6, 6.07) is 5.11. The van der Waals surface area contributed by atoms with Crippen LogP contribution in [0.2, 0.25) is 0 Å². The summed E-state index contributed by atoms with van der Waals surface area (Å²) < 4.78 is 5.49. The summed E-state index contributed by atoms with van der Waals surface area (Å²) in [6.45, 7) is 5.34. The van der Waals surface area contributed by atoms with Gasteiger partial charge in [0.2, 0.25) is 0 Å². The quantitative estimate of drug-likeness (QED) is 0.586. The van der Waals surface area contributed by atoms with Crippen LogP contribution < -0.4 is 10.1 Å². The van der Waals surface area contributed by atoms with Crippen LogP contribution in [0, 0.1) is 10.1 Å². The second kappa shape index (κ2) is 7.69. The van der Waals surface area contributed by atoms with Crippen LogP contribution in [0.3, 0.4) is 0 Å². The van der Waals surface area contributed by atoms with Crippen LogP contribution >= 0.6 is 0 Å². The monoisotopic (exact) mass is 281 g/mol. The van der Waals surface area contributed by atoms with Gasteiger partial charge in [0.1, 0.15) is 5.75 Å². The number of non-ortho nitro benzene ring substituents is 1. The van der Waals surface area contributed by atoms with Crippen molar-refractivity contribution >= 4 is 11.4 Å². The highest BCUT2D eigenvalue weighted by Gasteiger charge is 2.11. The molecule has 0 amide bonds. The molecule has 1 atom stereocenters. The Balaban J connectivity index is 2.82. The van der Waals surface area contributed by atoms with Crippen LogP contribution in [0.25, 0.3) is 0 Å². The highest BCUT2D eigenvalue weighted by atomic mass is 16.6. The van der Waals surface area contributed by atoms with Gasteiger partial charge in [-0.2, -0.15) is 0 Å². The summed E-state index contributed by atoms with van der Waals surface area (Å²) in [7, 11) is 3.99. The number of benzene rings is 1. The average molecular weight is 281 g/mol. The van der Waals surface area contributed by atoms with Gasteiger partial charge in [0, 0.05) is 30.4 Å². The van der Waals surface area contributed by atoms with Crippen molar-refractivity contribution in [3.8, 4) is 5.75 Å². The summed E-state index contributed by atoms with van der Waals surface area (Å²) in [6.07, 6.45) is 0.864. The second-order valence-corrected chi connectivity index (χ2v) is 5.01. The van der Waals surface area contributed by atoms with Gasteiger partial charge in [-0.1, -0.05) is 6.92 Å². The topological polar surface area (TPSA) is 67.6 Å². The summed E-state index contributed by atoms with van der Waals surface area (Å²) in [5.41, 5.74) is 0.748. The van der Waals surface area contributed by atoms with Crippen LogP contribution in [0.15, 0.2) is 18.2 Å². The predicted molar refractivity (Wildman–Crippen MR) is 80.5 cm³/mol. The van der Waals surface area contributed by atoms with E-state index in [9.17, 15) is 10.1 Å². The van der Waals surface area contributed by atoms with E-state index in [1.165, 1.54) is 12.1 Å². The Morgan fingerprint density at radius 1 is 1.40 bits per heavy atom. The number of nitro groups is 1. The number of nitrogens with zero attached hydrogens (tertiary/aromatic N) is 2. The summed E-state index contributed by atoms with van der Waals surface area (Å²) in [5, 5.41) is 14.2. The molecule has 0 radical (unpaired) electrons. The number of likely N-dealkylation sites (N-methyl/N-ethyl adjacent to an activating group) is 1. The minimum absolute atomic E-state index is 0.0404. The number of rotatable bonds is 8. The van der Waals surface area contributed by atoms with E-state index in [-0.39, 0.29) is 5.69 Å². The van der Waals surface area contributed by atoms with E-state index in [1.807, 2.05) is 21.0 Å². The van der Waals surface area contributed by atoms with E-state index in [0.29, 0.717) is 30.6 Å². The normalized spacial score (nSPS) is 12.2. The summed E-state index contributed by atoms with van der Waals surface area (Å²) in [4.78, 5) is 12.6. The first-order valence-corrected chi connectivity index (χ1v) is 6.76. The van der Waals surface area contributed by atoms with E-state index in [2.05, 4.69) is 17.1 Å². The number of hydrogen-bond acceptors (Lipinski definition) is 5. The average Bonchev–Trinajstić information content (AvgIpc) is 2.42. The Labute approximate surface area is 119 Å². The summed E-state index contributed by atoms with van der Waals surface area (Å²) in [5.74, 6) is 0.529. The lowest BCUT2D eigenvalue weighted by molar-refractivity contribution is -0.384. The zero-order chi connectivity index (χ0) is 15.1. The van der Waals surface area contributed by atoms with Crippen molar-refractivity contribution in [3.05, 3.63) is 28.3 Å². The Morgan fingerprint density at radius 2 is 2.10 bits per heavy atom. The molecule has 0 saturated carbocycles. The predicted octanol–water partition coefficient (Wildman–Crippen LogP) is 2.75. The van der Waals surface area contributed by atoms with Gasteiger partial charge in [-0.25, -0.2) is 0 Å². The molecule has 6 heteroatoms. The highest BCUT2D eigenvalue weighted by molar-refractivity contribution is 5.56. The molecule has 0 aromatic heterocycles. The van der Waals surface area contributed by atoms with E-state index in [0.717, 1.165) is 6.42 Å². The Kier molecular flexibility index (Phi) is 6.24. The van der Waals surface area contributed by atoms with Gasteiger partial charge in [0.25, 0.3) is 5.69 Å². The van der Waals surface area contributed by atoms with Crippen LogP contribution in [-0.2, 0) is 0 Å². The van der Waals surface area contributed by atoms with Crippen molar-refractivity contribution in [3.63, 3.8) is 0 Å². The van der Waals surface area contributed by atoms with E-state index < -0.39 is 4.92 Å². The van der Waals surface area contributed by atoms with Gasteiger partial charge in [-0.05, 0) is 27.4 Å². The molecule has 1 unspecified atom stereocenters. The lowest BCUT2D eigenvalue weighted by atomic mass is 10.2. The van der Waals surface area contributed by atoms with E-state index in [4.69, 9.17) is 4.74 Å². The fraction of sp³-hybridized carbons (Fsp3) is 0.571.